The van der Waals surface area contributed by atoms with Crippen LogP contribution in [0, 0.1) is 5.41 Å². The summed E-state index contributed by atoms with van der Waals surface area (Å²) in [6.45, 7) is 1.00. The molecule has 0 aromatic carbocycles. The van der Waals surface area contributed by atoms with E-state index in [1.54, 1.807) is 0 Å². The van der Waals surface area contributed by atoms with Crippen LogP contribution in [0.5, 0.6) is 0 Å². The van der Waals surface area contributed by atoms with Crippen LogP contribution < -0.4 is 5.32 Å². The van der Waals surface area contributed by atoms with Gasteiger partial charge in [-0.15, -0.1) is 0 Å². The maximum Gasteiger partial charge on any atom is 0.407 e. The van der Waals surface area contributed by atoms with Gasteiger partial charge in [-0.25, -0.2) is 4.79 Å². The number of ether oxygens (including phenoxy) is 1. The molecule has 0 radical (unpaired) electrons. The van der Waals surface area contributed by atoms with Crippen LogP contribution in [0.1, 0.15) is 12.8 Å². The van der Waals surface area contributed by atoms with E-state index in [4.69, 9.17) is 4.74 Å². The van der Waals surface area contributed by atoms with Crippen molar-refractivity contribution in [1.82, 2.24) is 5.32 Å². The van der Waals surface area contributed by atoms with Crippen LogP contribution in [-0.2, 0) is 9.53 Å². The second-order valence-electron chi connectivity index (χ2n) is 3.32. The fraction of sp³-hybridized carbons (Fsp3) is 0.714. The van der Waals surface area contributed by atoms with E-state index in [-0.39, 0.29) is 17.3 Å². The van der Waals surface area contributed by atoms with Gasteiger partial charge < -0.3 is 10.1 Å². The molecule has 0 atom stereocenters. The molecule has 0 bridgehead atoms. The van der Waals surface area contributed by atoms with Gasteiger partial charge in [0.25, 0.3) is 0 Å². The van der Waals surface area contributed by atoms with Gasteiger partial charge in [-0.1, -0.05) is 0 Å². The minimum Gasteiger partial charge on any atom is -0.449 e. The molecule has 1 heterocycles. The average Bonchev–Trinajstić information content (AvgIpc) is 1.92. The number of hydrogen-bond donors (Lipinski definition) is 1. The number of cyclic esters (lactones) is 1. The Kier molecular flexibility index (Phi) is 1.19. The average molecular weight is 155 g/mol. The van der Waals surface area contributed by atoms with Crippen molar-refractivity contribution >= 4 is 11.9 Å². The van der Waals surface area contributed by atoms with Crippen molar-refractivity contribution in [3.05, 3.63) is 0 Å². The Balaban J connectivity index is 1.97. The Morgan fingerprint density at radius 2 is 2.09 bits per heavy atom. The molecule has 2 aliphatic rings. The number of carbonyl (C=O) groups excluding carboxylic acids is 2. The van der Waals surface area contributed by atoms with Gasteiger partial charge in [-0.05, 0) is 0 Å². The first-order valence-electron chi connectivity index (χ1n) is 3.63. The highest BCUT2D eigenvalue weighted by Gasteiger charge is 2.46. The Morgan fingerprint density at radius 1 is 1.36 bits per heavy atom. The molecule has 11 heavy (non-hydrogen) atoms. The van der Waals surface area contributed by atoms with Crippen molar-refractivity contribution in [3.8, 4) is 0 Å². The van der Waals surface area contributed by atoms with E-state index < -0.39 is 0 Å². The molecule has 1 amide bonds. The quantitative estimate of drug-likeness (QED) is 0.538. The molecule has 0 aromatic heterocycles. The molecule has 1 aliphatic carbocycles. The van der Waals surface area contributed by atoms with Crippen LogP contribution in [0.25, 0.3) is 0 Å². The van der Waals surface area contributed by atoms with Gasteiger partial charge in [0.05, 0.1) is 0 Å². The molecule has 0 unspecified atom stereocenters. The predicted octanol–water partition coefficient (Wildman–Crippen LogP) is 0.0755. The van der Waals surface area contributed by atoms with Crippen LogP contribution in [-0.4, -0.2) is 25.0 Å². The minimum absolute atomic E-state index is 0.0506. The summed E-state index contributed by atoms with van der Waals surface area (Å²) in [5.41, 5.74) is -0.0506. The maximum atomic E-state index is 10.7. The Bertz CT molecular complexity index is 204. The second-order valence-corrected chi connectivity index (χ2v) is 3.32. The zero-order valence-electron chi connectivity index (χ0n) is 6.05. The number of ketones is 1. The number of alkyl carbamates (subject to hydrolysis) is 1. The highest BCUT2D eigenvalue weighted by atomic mass is 16.6. The topological polar surface area (TPSA) is 55.4 Å². The lowest BCUT2D eigenvalue weighted by Gasteiger charge is -2.42. The molecular formula is C7H9NO3. The number of hydrogen-bond acceptors (Lipinski definition) is 3. The highest BCUT2D eigenvalue weighted by molar-refractivity contribution is 5.87. The molecule has 1 spiro atoms. The number of rotatable bonds is 0. The Morgan fingerprint density at radius 3 is 2.55 bits per heavy atom. The van der Waals surface area contributed by atoms with E-state index >= 15 is 0 Å². The van der Waals surface area contributed by atoms with Crippen molar-refractivity contribution in [2.75, 3.05) is 13.2 Å². The smallest absolute Gasteiger partial charge is 0.407 e. The first-order chi connectivity index (χ1) is 5.20. The SMILES string of the molecule is O=C1CC2(CNC(=O)OC2)C1. The van der Waals surface area contributed by atoms with E-state index in [1.807, 2.05) is 0 Å². The van der Waals surface area contributed by atoms with Crippen molar-refractivity contribution in [3.63, 3.8) is 0 Å². The van der Waals surface area contributed by atoms with Crippen molar-refractivity contribution in [1.29, 1.82) is 0 Å². The summed E-state index contributed by atoms with van der Waals surface area (Å²) in [5.74, 6) is 0.268. The molecule has 1 N–H and O–H groups in total. The lowest BCUT2D eigenvalue weighted by molar-refractivity contribution is -0.136. The van der Waals surface area contributed by atoms with Crippen LogP contribution >= 0.6 is 0 Å². The summed E-state index contributed by atoms with van der Waals surface area (Å²) in [7, 11) is 0. The molecule has 60 valence electrons. The van der Waals surface area contributed by atoms with Gasteiger partial charge in [0.2, 0.25) is 0 Å². The third-order valence-electron chi connectivity index (χ3n) is 2.26. The Labute approximate surface area is 63.9 Å². The molecule has 1 saturated carbocycles. The fourth-order valence-electron chi connectivity index (χ4n) is 1.59. The van der Waals surface area contributed by atoms with Crippen molar-refractivity contribution < 1.29 is 14.3 Å². The lowest BCUT2D eigenvalue weighted by Crippen LogP contribution is -2.54. The standard InChI is InChI=1S/C7H9NO3/c9-5-1-7(2-5)3-8-6(10)11-4-7/h1-4H2,(H,8,10). The molecule has 4 heteroatoms. The Hall–Kier alpha value is -1.06. The first kappa shape index (κ1) is 6.64. The lowest BCUT2D eigenvalue weighted by atomic mass is 9.68. The summed E-state index contributed by atoms with van der Waals surface area (Å²) in [4.78, 5) is 21.2. The second kappa shape index (κ2) is 1.96. The van der Waals surface area contributed by atoms with Crippen molar-refractivity contribution in [2.45, 2.75) is 12.8 Å². The molecule has 2 rings (SSSR count). The maximum absolute atomic E-state index is 10.7. The molecular weight excluding hydrogens is 146 g/mol. The number of Topliss-reactive ketones (excluding diaryl/α,β-unsaturated/α-hetero) is 1. The highest BCUT2D eigenvalue weighted by Crippen LogP contribution is 2.38. The van der Waals surface area contributed by atoms with E-state index in [0.717, 1.165) is 0 Å². The molecule has 1 saturated heterocycles. The van der Waals surface area contributed by atoms with E-state index in [1.165, 1.54) is 0 Å². The number of nitrogens with one attached hydrogen (secondary N) is 1. The molecule has 1 aliphatic heterocycles. The third kappa shape index (κ3) is 0.982. The summed E-state index contributed by atoms with van der Waals surface area (Å²) in [6.07, 6.45) is 0.760. The van der Waals surface area contributed by atoms with Crippen molar-refractivity contribution in [2.24, 2.45) is 5.41 Å². The number of carbonyl (C=O) groups is 2. The fourth-order valence-corrected chi connectivity index (χ4v) is 1.59. The van der Waals surface area contributed by atoms with Crippen LogP contribution in [0.15, 0.2) is 0 Å². The molecule has 4 nitrogen and oxygen atoms in total. The zero-order valence-corrected chi connectivity index (χ0v) is 6.05. The van der Waals surface area contributed by atoms with Crippen LogP contribution in [0.4, 0.5) is 4.79 Å². The van der Waals surface area contributed by atoms with Gasteiger partial charge in [-0.3, -0.25) is 4.79 Å². The van der Waals surface area contributed by atoms with Gasteiger partial charge in [0.15, 0.2) is 0 Å². The summed E-state index contributed by atoms with van der Waals surface area (Å²) < 4.78 is 4.78. The summed E-state index contributed by atoms with van der Waals surface area (Å²) in [6, 6.07) is 0. The monoisotopic (exact) mass is 155 g/mol. The van der Waals surface area contributed by atoms with Gasteiger partial charge in [-0.2, -0.15) is 0 Å². The number of amides is 1. The normalized spacial score (nSPS) is 27.3. The summed E-state index contributed by atoms with van der Waals surface area (Å²) in [5, 5.41) is 2.58. The van der Waals surface area contributed by atoms with E-state index in [0.29, 0.717) is 26.0 Å². The van der Waals surface area contributed by atoms with Crippen LogP contribution in [0.3, 0.4) is 0 Å². The third-order valence-corrected chi connectivity index (χ3v) is 2.26. The summed E-state index contributed by atoms with van der Waals surface area (Å²) >= 11 is 0. The van der Waals surface area contributed by atoms with Gasteiger partial charge in [0.1, 0.15) is 12.4 Å². The first-order valence-corrected chi connectivity index (χ1v) is 3.63. The minimum atomic E-state index is -0.366. The molecule has 2 fully saturated rings. The van der Waals surface area contributed by atoms with E-state index in [9.17, 15) is 9.59 Å². The van der Waals surface area contributed by atoms with Gasteiger partial charge >= 0.3 is 6.09 Å². The largest absolute Gasteiger partial charge is 0.449 e. The molecule has 0 aromatic rings. The van der Waals surface area contributed by atoms with Crippen LogP contribution in [0.2, 0.25) is 0 Å². The zero-order chi connectivity index (χ0) is 7.90. The van der Waals surface area contributed by atoms with E-state index in [2.05, 4.69) is 5.32 Å². The van der Waals surface area contributed by atoms with Gasteiger partial charge in [0, 0.05) is 24.8 Å². The predicted molar refractivity (Wildman–Crippen MR) is 36.0 cm³/mol.